The molecule has 2 heterocycles. The minimum atomic E-state index is 0.474. The van der Waals surface area contributed by atoms with Crippen LogP contribution in [-0.2, 0) is 17.8 Å². The average Bonchev–Trinajstić information content (AvgIpc) is 2.68. The molecule has 1 fully saturated rings. The molecule has 6 nitrogen and oxygen atoms in total. The van der Waals surface area contributed by atoms with Gasteiger partial charge in [-0.1, -0.05) is 19.1 Å². The van der Waals surface area contributed by atoms with E-state index in [1.807, 2.05) is 10.9 Å². The van der Waals surface area contributed by atoms with Crippen LogP contribution in [0.4, 0.5) is 0 Å². The molecular weight excluding hydrogens is 242 g/mol. The monoisotopic (exact) mass is 267 g/mol. The maximum atomic E-state index is 5.45. The van der Waals surface area contributed by atoms with Crippen molar-refractivity contribution in [3.8, 4) is 0 Å². The summed E-state index contributed by atoms with van der Waals surface area (Å²) in [5.41, 5.74) is 1.01. The van der Waals surface area contributed by atoms with Crippen LogP contribution in [0.3, 0.4) is 0 Å². The lowest BCUT2D eigenvalue weighted by molar-refractivity contribution is 0.140. The minimum absolute atomic E-state index is 0.474. The molecule has 0 spiro atoms. The van der Waals surface area contributed by atoms with E-state index in [0.29, 0.717) is 6.04 Å². The van der Waals surface area contributed by atoms with Gasteiger partial charge in [0, 0.05) is 45.0 Å². The van der Waals surface area contributed by atoms with E-state index in [-0.39, 0.29) is 0 Å². The van der Waals surface area contributed by atoms with Crippen LogP contribution in [-0.4, -0.2) is 58.8 Å². The number of aromatic nitrogens is 3. The molecule has 1 aliphatic heterocycles. The third-order valence-corrected chi connectivity index (χ3v) is 3.24. The Hall–Kier alpha value is -0.980. The number of nitrogens with zero attached hydrogens (tertiary/aromatic N) is 4. The van der Waals surface area contributed by atoms with Crippen LogP contribution in [0, 0.1) is 0 Å². The highest BCUT2D eigenvalue weighted by Crippen LogP contribution is 2.00. The molecule has 1 aromatic heterocycles. The Labute approximate surface area is 115 Å². The SMILES string of the molecule is CC(C)NCc1cn(CCN2CCCOCC2)nn1. The second-order valence-corrected chi connectivity index (χ2v) is 5.32. The van der Waals surface area contributed by atoms with E-state index >= 15 is 0 Å². The fourth-order valence-electron chi connectivity index (χ4n) is 2.10. The van der Waals surface area contributed by atoms with E-state index in [9.17, 15) is 0 Å². The van der Waals surface area contributed by atoms with Crippen molar-refractivity contribution in [2.75, 3.05) is 32.8 Å². The van der Waals surface area contributed by atoms with Crippen LogP contribution in [0.2, 0.25) is 0 Å². The molecule has 1 aromatic rings. The first-order chi connectivity index (χ1) is 9.24. The normalized spacial score (nSPS) is 17.8. The molecule has 1 saturated heterocycles. The Kier molecular flexibility index (Phi) is 5.75. The van der Waals surface area contributed by atoms with Crippen molar-refractivity contribution in [2.24, 2.45) is 0 Å². The highest BCUT2D eigenvalue weighted by atomic mass is 16.5. The summed E-state index contributed by atoms with van der Waals surface area (Å²) in [5.74, 6) is 0. The van der Waals surface area contributed by atoms with Crippen LogP contribution in [0.1, 0.15) is 26.0 Å². The molecular formula is C13H25N5O. The topological polar surface area (TPSA) is 55.2 Å². The Balaban J connectivity index is 1.73. The number of rotatable bonds is 6. The van der Waals surface area contributed by atoms with Gasteiger partial charge in [-0.2, -0.15) is 0 Å². The Morgan fingerprint density at radius 2 is 2.21 bits per heavy atom. The van der Waals surface area contributed by atoms with Gasteiger partial charge in [-0.15, -0.1) is 5.10 Å². The summed E-state index contributed by atoms with van der Waals surface area (Å²) in [7, 11) is 0. The summed E-state index contributed by atoms with van der Waals surface area (Å²) >= 11 is 0. The second-order valence-electron chi connectivity index (χ2n) is 5.32. The summed E-state index contributed by atoms with van der Waals surface area (Å²) in [5, 5.41) is 11.7. The predicted octanol–water partition coefficient (Wildman–Crippen LogP) is 0.498. The minimum Gasteiger partial charge on any atom is -0.380 e. The maximum absolute atomic E-state index is 5.45. The molecule has 0 aromatic carbocycles. The highest BCUT2D eigenvalue weighted by molar-refractivity contribution is 4.91. The van der Waals surface area contributed by atoms with Crippen LogP contribution < -0.4 is 5.32 Å². The smallest absolute Gasteiger partial charge is 0.0964 e. The standard InChI is InChI=1S/C13H25N5O/c1-12(2)14-10-13-11-18(16-15-13)6-5-17-4-3-8-19-9-7-17/h11-12,14H,3-10H2,1-2H3. The van der Waals surface area contributed by atoms with Crippen molar-refractivity contribution in [1.82, 2.24) is 25.2 Å². The molecule has 0 radical (unpaired) electrons. The quantitative estimate of drug-likeness (QED) is 0.813. The van der Waals surface area contributed by atoms with E-state index in [1.165, 1.54) is 0 Å². The molecule has 0 saturated carbocycles. The molecule has 2 rings (SSSR count). The maximum Gasteiger partial charge on any atom is 0.0964 e. The summed E-state index contributed by atoms with van der Waals surface area (Å²) in [4.78, 5) is 2.43. The summed E-state index contributed by atoms with van der Waals surface area (Å²) in [6.45, 7) is 10.9. The van der Waals surface area contributed by atoms with Gasteiger partial charge in [0.05, 0.1) is 18.8 Å². The lowest BCUT2D eigenvalue weighted by Gasteiger charge is -2.18. The van der Waals surface area contributed by atoms with Crippen molar-refractivity contribution in [1.29, 1.82) is 0 Å². The van der Waals surface area contributed by atoms with E-state index in [4.69, 9.17) is 4.74 Å². The Bertz CT molecular complexity index is 358. The van der Waals surface area contributed by atoms with E-state index < -0.39 is 0 Å². The predicted molar refractivity (Wildman–Crippen MR) is 73.9 cm³/mol. The van der Waals surface area contributed by atoms with Gasteiger partial charge in [-0.3, -0.25) is 9.58 Å². The molecule has 1 N–H and O–H groups in total. The number of ether oxygens (including phenoxy) is 1. The molecule has 0 amide bonds. The number of hydrogen-bond acceptors (Lipinski definition) is 5. The zero-order valence-corrected chi connectivity index (χ0v) is 12.0. The van der Waals surface area contributed by atoms with Crippen LogP contribution in [0.5, 0.6) is 0 Å². The second kappa shape index (κ2) is 7.57. The van der Waals surface area contributed by atoms with Gasteiger partial charge in [0.2, 0.25) is 0 Å². The third-order valence-electron chi connectivity index (χ3n) is 3.24. The molecule has 0 atom stereocenters. The van der Waals surface area contributed by atoms with Gasteiger partial charge in [0.1, 0.15) is 0 Å². The van der Waals surface area contributed by atoms with Crippen molar-refractivity contribution in [3.63, 3.8) is 0 Å². The summed E-state index contributed by atoms with van der Waals surface area (Å²) < 4.78 is 7.38. The largest absolute Gasteiger partial charge is 0.380 e. The van der Waals surface area contributed by atoms with Crippen molar-refractivity contribution >= 4 is 0 Å². The third kappa shape index (κ3) is 5.26. The zero-order chi connectivity index (χ0) is 13.5. The first kappa shape index (κ1) is 14.4. The van der Waals surface area contributed by atoms with Crippen molar-refractivity contribution < 1.29 is 4.74 Å². The van der Waals surface area contributed by atoms with Gasteiger partial charge in [0.15, 0.2) is 0 Å². The lowest BCUT2D eigenvalue weighted by Crippen LogP contribution is -2.30. The molecule has 0 bridgehead atoms. The molecule has 0 unspecified atom stereocenters. The molecule has 6 heteroatoms. The van der Waals surface area contributed by atoms with E-state index in [0.717, 1.165) is 58.1 Å². The lowest BCUT2D eigenvalue weighted by atomic mass is 10.3. The summed E-state index contributed by atoms with van der Waals surface area (Å²) in [6, 6.07) is 0.474. The first-order valence-corrected chi connectivity index (χ1v) is 7.16. The van der Waals surface area contributed by atoms with Crippen LogP contribution >= 0.6 is 0 Å². The molecule has 1 aliphatic rings. The number of hydrogen-bond donors (Lipinski definition) is 1. The van der Waals surface area contributed by atoms with E-state index in [1.54, 1.807) is 0 Å². The first-order valence-electron chi connectivity index (χ1n) is 7.16. The van der Waals surface area contributed by atoms with Crippen molar-refractivity contribution in [3.05, 3.63) is 11.9 Å². The van der Waals surface area contributed by atoms with E-state index in [2.05, 4.69) is 34.4 Å². The zero-order valence-electron chi connectivity index (χ0n) is 12.0. The van der Waals surface area contributed by atoms with Gasteiger partial charge in [-0.25, -0.2) is 0 Å². The van der Waals surface area contributed by atoms with Crippen LogP contribution in [0.25, 0.3) is 0 Å². The highest BCUT2D eigenvalue weighted by Gasteiger charge is 2.09. The number of nitrogens with one attached hydrogen (secondary N) is 1. The Morgan fingerprint density at radius 1 is 1.32 bits per heavy atom. The van der Waals surface area contributed by atoms with Crippen LogP contribution in [0.15, 0.2) is 6.20 Å². The fourth-order valence-corrected chi connectivity index (χ4v) is 2.10. The summed E-state index contributed by atoms with van der Waals surface area (Å²) in [6.07, 6.45) is 3.16. The van der Waals surface area contributed by atoms with Crippen molar-refractivity contribution in [2.45, 2.75) is 39.4 Å². The van der Waals surface area contributed by atoms with Gasteiger partial charge in [0.25, 0.3) is 0 Å². The fraction of sp³-hybridized carbons (Fsp3) is 0.846. The molecule has 19 heavy (non-hydrogen) atoms. The van der Waals surface area contributed by atoms with Gasteiger partial charge >= 0.3 is 0 Å². The van der Waals surface area contributed by atoms with Gasteiger partial charge in [-0.05, 0) is 6.42 Å². The van der Waals surface area contributed by atoms with Gasteiger partial charge < -0.3 is 10.1 Å². The average molecular weight is 267 g/mol. The Morgan fingerprint density at radius 3 is 3.05 bits per heavy atom. The molecule has 108 valence electrons. The molecule has 0 aliphatic carbocycles.